The first-order valence-corrected chi connectivity index (χ1v) is 11.0. The van der Waals surface area contributed by atoms with E-state index in [1.807, 2.05) is 0 Å². The Kier molecular flexibility index (Phi) is 3.06. The Morgan fingerprint density at radius 2 is 1.00 bits per heavy atom. The second kappa shape index (κ2) is 4.67. The predicted molar refractivity (Wildman–Crippen MR) is 71.3 cm³/mol. The normalized spacial score (nSPS) is 21.9. The molecule has 3 aliphatic carbocycles. The third kappa shape index (κ3) is 1.94. The monoisotopic (exact) mass is 404 g/mol. The van der Waals surface area contributed by atoms with Gasteiger partial charge in [0, 0.05) is 0 Å². The number of hydrogen-bond acceptors (Lipinski definition) is 0. The van der Waals surface area contributed by atoms with E-state index in [2.05, 4.69) is 54.7 Å². The van der Waals surface area contributed by atoms with E-state index < -0.39 is 21.8 Å². The molecule has 0 saturated carbocycles. The number of rotatable bonds is 3. The molecule has 80 valence electrons. The molecular formula is C15H15Bi. The van der Waals surface area contributed by atoms with Crippen molar-refractivity contribution in [1.29, 1.82) is 0 Å². The summed E-state index contributed by atoms with van der Waals surface area (Å²) in [6.07, 6.45) is 24.4. The van der Waals surface area contributed by atoms with E-state index in [4.69, 9.17) is 0 Å². The summed E-state index contributed by atoms with van der Waals surface area (Å²) in [5, 5.41) is 0. The standard InChI is InChI=1S/3C5H5.Bi/c3*1-2-4-5-3-1;/h3*1-3H,4H2;. The van der Waals surface area contributed by atoms with Crippen LogP contribution in [0, 0.1) is 0 Å². The molecule has 1 heteroatoms. The van der Waals surface area contributed by atoms with Crippen molar-refractivity contribution in [1.82, 2.24) is 0 Å². The van der Waals surface area contributed by atoms with Crippen molar-refractivity contribution >= 4 is 21.8 Å². The van der Waals surface area contributed by atoms with E-state index in [9.17, 15) is 0 Å². The van der Waals surface area contributed by atoms with E-state index in [0.29, 0.717) is 0 Å². The molecule has 0 aliphatic heterocycles. The Labute approximate surface area is 105 Å². The summed E-state index contributed by atoms with van der Waals surface area (Å²) in [6, 6.07) is 0. The van der Waals surface area contributed by atoms with Gasteiger partial charge in [-0.1, -0.05) is 0 Å². The molecule has 0 N–H and O–H groups in total. The maximum absolute atomic E-state index is 2.39. The number of allylic oxidation sites excluding steroid dienone is 12. The second-order valence-corrected chi connectivity index (χ2v) is 13.5. The van der Waals surface area contributed by atoms with Crippen molar-refractivity contribution < 1.29 is 0 Å². The van der Waals surface area contributed by atoms with Crippen molar-refractivity contribution in [3.8, 4) is 0 Å². The van der Waals surface area contributed by atoms with Gasteiger partial charge in [-0.3, -0.25) is 0 Å². The Morgan fingerprint density at radius 3 is 1.25 bits per heavy atom. The summed E-state index contributed by atoms with van der Waals surface area (Å²) in [5.41, 5.74) is 0. The third-order valence-electron chi connectivity index (χ3n) is 3.12. The van der Waals surface area contributed by atoms with Gasteiger partial charge in [-0.25, -0.2) is 0 Å². The molecule has 0 radical (unpaired) electrons. The van der Waals surface area contributed by atoms with Crippen LogP contribution in [0.15, 0.2) is 64.5 Å². The van der Waals surface area contributed by atoms with E-state index in [1.165, 1.54) is 19.3 Å². The zero-order valence-electron chi connectivity index (χ0n) is 9.26. The van der Waals surface area contributed by atoms with Crippen LogP contribution in [-0.2, 0) is 0 Å². The van der Waals surface area contributed by atoms with Gasteiger partial charge in [-0.05, 0) is 0 Å². The molecule has 0 atom stereocenters. The van der Waals surface area contributed by atoms with Crippen molar-refractivity contribution in [2.75, 3.05) is 0 Å². The van der Waals surface area contributed by atoms with Crippen LogP contribution in [0.3, 0.4) is 0 Å². The van der Waals surface area contributed by atoms with E-state index >= 15 is 0 Å². The zero-order chi connectivity index (χ0) is 10.8. The molecule has 0 bridgehead atoms. The molecule has 3 rings (SSSR count). The molecule has 0 nitrogen and oxygen atoms in total. The summed E-state index contributed by atoms with van der Waals surface area (Å²) in [4.78, 5) is 0. The second-order valence-electron chi connectivity index (χ2n) is 4.21. The van der Waals surface area contributed by atoms with Gasteiger partial charge < -0.3 is 0 Å². The average molecular weight is 404 g/mol. The zero-order valence-corrected chi connectivity index (χ0v) is 12.7. The first-order chi connectivity index (χ1) is 7.95. The minimum atomic E-state index is -1.72. The Morgan fingerprint density at radius 1 is 0.625 bits per heavy atom. The van der Waals surface area contributed by atoms with E-state index in [1.54, 1.807) is 9.84 Å². The molecule has 16 heavy (non-hydrogen) atoms. The van der Waals surface area contributed by atoms with Gasteiger partial charge in [0.2, 0.25) is 0 Å². The summed E-state index contributed by atoms with van der Waals surface area (Å²) < 4.78 is 5.29. The predicted octanol–water partition coefficient (Wildman–Crippen LogP) is 3.76. The summed E-state index contributed by atoms with van der Waals surface area (Å²) in [7, 11) is 0. The van der Waals surface area contributed by atoms with Crippen LogP contribution < -0.4 is 0 Å². The first-order valence-electron chi connectivity index (χ1n) is 5.82. The molecule has 0 spiro atoms. The third-order valence-corrected chi connectivity index (χ3v) is 13.7. The van der Waals surface area contributed by atoms with Gasteiger partial charge in [-0.2, -0.15) is 0 Å². The summed E-state index contributed by atoms with van der Waals surface area (Å²) in [5.74, 6) is 0. The Hall–Kier alpha value is -0.677. The van der Waals surface area contributed by atoms with E-state index in [0.717, 1.165) is 0 Å². The van der Waals surface area contributed by atoms with Crippen LogP contribution in [0.1, 0.15) is 19.3 Å². The average Bonchev–Trinajstić information content (AvgIpc) is 3.02. The van der Waals surface area contributed by atoms with Crippen LogP contribution in [0.2, 0.25) is 0 Å². The fraction of sp³-hybridized carbons (Fsp3) is 0.200. The van der Waals surface area contributed by atoms with Crippen LogP contribution >= 0.6 is 0 Å². The molecule has 0 unspecified atom stereocenters. The fourth-order valence-electron chi connectivity index (χ4n) is 2.36. The van der Waals surface area contributed by atoms with Gasteiger partial charge in [0.15, 0.2) is 0 Å². The topological polar surface area (TPSA) is 0 Å². The molecule has 0 heterocycles. The van der Waals surface area contributed by atoms with Crippen LogP contribution in [0.25, 0.3) is 0 Å². The van der Waals surface area contributed by atoms with Crippen molar-refractivity contribution in [3.63, 3.8) is 0 Å². The van der Waals surface area contributed by atoms with Gasteiger partial charge in [0.25, 0.3) is 0 Å². The number of hydrogen-bond donors (Lipinski definition) is 0. The summed E-state index contributed by atoms with van der Waals surface area (Å²) >= 11 is -1.72. The Bertz CT molecular complexity index is 398. The minimum absolute atomic E-state index is 1.21. The molecule has 0 saturated heterocycles. The van der Waals surface area contributed by atoms with Crippen LogP contribution in [0.4, 0.5) is 0 Å². The van der Waals surface area contributed by atoms with Gasteiger partial charge in [0.1, 0.15) is 0 Å². The van der Waals surface area contributed by atoms with Crippen molar-refractivity contribution in [3.05, 3.63) is 64.5 Å². The maximum atomic E-state index is 2.39. The van der Waals surface area contributed by atoms with Crippen molar-refractivity contribution in [2.24, 2.45) is 0 Å². The SMILES string of the molecule is C1=CC[C]([Bi]([C]2=CC=CC2)[C]2=CC=CC2)=C1. The fourth-order valence-corrected chi connectivity index (χ4v) is 12.8. The first kappa shape index (κ1) is 10.5. The van der Waals surface area contributed by atoms with Crippen LogP contribution in [-0.4, -0.2) is 21.8 Å². The molecule has 0 aromatic carbocycles. The van der Waals surface area contributed by atoms with Crippen molar-refractivity contribution in [2.45, 2.75) is 19.3 Å². The molecule has 0 aromatic rings. The summed E-state index contributed by atoms with van der Waals surface area (Å²) in [6.45, 7) is 0. The molecule has 0 fully saturated rings. The van der Waals surface area contributed by atoms with Gasteiger partial charge in [-0.15, -0.1) is 0 Å². The van der Waals surface area contributed by atoms with E-state index in [-0.39, 0.29) is 0 Å². The molecule has 0 amide bonds. The molecular weight excluding hydrogens is 389 g/mol. The van der Waals surface area contributed by atoms with Gasteiger partial charge in [0.05, 0.1) is 0 Å². The van der Waals surface area contributed by atoms with Gasteiger partial charge >= 0.3 is 106 Å². The quantitative estimate of drug-likeness (QED) is 0.629. The molecule has 0 aromatic heterocycles. The Balaban J connectivity index is 1.89. The molecule has 3 aliphatic rings. The van der Waals surface area contributed by atoms with Crippen LogP contribution in [0.5, 0.6) is 0 Å².